The highest BCUT2D eigenvalue weighted by Gasteiger charge is 2.26. The molecule has 0 bridgehead atoms. The van der Waals surface area contributed by atoms with Crippen LogP contribution in [0.25, 0.3) is 0 Å². The molecule has 1 unspecified atom stereocenters. The topological polar surface area (TPSA) is 40.5 Å². The number of nitrogens with zero attached hydrogens (tertiary/aromatic N) is 1. The molecule has 0 spiro atoms. The number of fused-ring (bicyclic) bond motifs is 1. The Morgan fingerprint density at radius 3 is 3.00 bits per heavy atom. The van der Waals surface area contributed by atoms with Crippen LogP contribution >= 0.6 is 27.7 Å². The number of hydrogen-bond acceptors (Lipinski definition) is 3. The average molecular weight is 330 g/mol. The zero-order valence-corrected chi connectivity index (χ0v) is 12.8. The molecular weight excluding hydrogens is 314 g/mol. The molecule has 18 heavy (non-hydrogen) atoms. The predicted octanol–water partition coefficient (Wildman–Crippen LogP) is 3.53. The Hall–Kier alpha value is -0.680. The van der Waals surface area contributed by atoms with Gasteiger partial charge in [-0.1, -0.05) is 0 Å². The van der Waals surface area contributed by atoms with Gasteiger partial charge in [0.2, 0.25) is 0 Å². The van der Waals surface area contributed by atoms with E-state index in [1.807, 2.05) is 11.8 Å². The Kier molecular flexibility index (Phi) is 4.22. The molecule has 1 aliphatic rings. The molecule has 0 amide bonds. The molecule has 0 aliphatic carbocycles. The van der Waals surface area contributed by atoms with Crippen molar-refractivity contribution in [2.24, 2.45) is 0 Å². The molecule has 0 radical (unpaired) electrons. The number of carboxylic acid groups (broad SMARTS) is 1. The molecule has 0 aromatic heterocycles. The van der Waals surface area contributed by atoms with E-state index in [1.165, 1.54) is 10.5 Å². The summed E-state index contributed by atoms with van der Waals surface area (Å²) < 4.78 is 1.06. The number of aryl methyl sites for hydroxylation is 1. The zero-order valence-electron chi connectivity index (χ0n) is 10.4. The van der Waals surface area contributed by atoms with Gasteiger partial charge in [-0.2, -0.15) is 0 Å². The van der Waals surface area contributed by atoms with Crippen molar-refractivity contribution in [3.8, 4) is 0 Å². The van der Waals surface area contributed by atoms with Gasteiger partial charge in [-0.15, -0.1) is 11.8 Å². The van der Waals surface area contributed by atoms with Crippen LogP contribution in [0.15, 0.2) is 21.5 Å². The molecule has 1 aromatic rings. The normalized spacial score (nSPS) is 18.6. The minimum absolute atomic E-state index is 0.175. The summed E-state index contributed by atoms with van der Waals surface area (Å²) >= 11 is 5.45. The molecule has 1 aromatic carbocycles. The van der Waals surface area contributed by atoms with E-state index in [2.05, 4.69) is 46.8 Å². The lowest BCUT2D eigenvalue weighted by Gasteiger charge is -2.37. The lowest BCUT2D eigenvalue weighted by atomic mass is 10.1. The molecule has 98 valence electrons. The van der Waals surface area contributed by atoms with Gasteiger partial charge in [0, 0.05) is 27.7 Å². The standard InChI is InChI=1S/C13H16BrNO2S/c1-8-5-10(14)13-11(6-8)18-7-9(2)15(13)4-3-12(16)17/h5-6,9H,3-4,7H2,1-2H3,(H,16,17). The van der Waals surface area contributed by atoms with Gasteiger partial charge in [0.1, 0.15) is 0 Å². The van der Waals surface area contributed by atoms with Crippen molar-refractivity contribution in [3.63, 3.8) is 0 Å². The number of halogens is 1. The Morgan fingerprint density at radius 1 is 1.61 bits per heavy atom. The molecule has 5 heteroatoms. The molecule has 1 heterocycles. The summed E-state index contributed by atoms with van der Waals surface area (Å²) in [6.45, 7) is 4.78. The molecule has 1 aliphatic heterocycles. The van der Waals surface area contributed by atoms with Crippen molar-refractivity contribution in [2.45, 2.75) is 31.2 Å². The molecule has 0 fully saturated rings. The summed E-state index contributed by atoms with van der Waals surface area (Å²) in [4.78, 5) is 14.2. The number of carbonyl (C=O) groups is 1. The maximum absolute atomic E-state index is 10.8. The van der Waals surface area contributed by atoms with Crippen molar-refractivity contribution < 1.29 is 9.90 Å². The van der Waals surface area contributed by atoms with Crippen LogP contribution in [0.5, 0.6) is 0 Å². The van der Waals surface area contributed by atoms with Gasteiger partial charge in [0.15, 0.2) is 0 Å². The van der Waals surface area contributed by atoms with Gasteiger partial charge in [-0.05, 0) is 47.5 Å². The third-order valence-corrected chi connectivity index (χ3v) is 4.91. The van der Waals surface area contributed by atoms with E-state index >= 15 is 0 Å². The molecule has 1 atom stereocenters. The summed E-state index contributed by atoms with van der Waals surface area (Å²) in [6.07, 6.45) is 0.175. The number of benzene rings is 1. The summed E-state index contributed by atoms with van der Waals surface area (Å²) in [5, 5.41) is 8.85. The quantitative estimate of drug-likeness (QED) is 0.920. The maximum atomic E-state index is 10.8. The van der Waals surface area contributed by atoms with Gasteiger partial charge < -0.3 is 10.0 Å². The first-order valence-corrected chi connectivity index (χ1v) is 7.68. The van der Waals surface area contributed by atoms with Crippen molar-refractivity contribution in [1.29, 1.82) is 0 Å². The van der Waals surface area contributed by atoms with E-state index in [-0.39, 0.29) is 6.42 Å². The largest absolute Gasteiger partial charge is 0.481 e. The number of hydrogen-bond donors (Lipinski definition) is 1. The van der Waals surface area contributed by atoms with Crippen LogP contribution in [0, 0.1) is 6.92 Å². The summed E-state index contributed by atoms with van der Waals surface area (Å²) in [5.74, 6) is 0.257. The third kappa shape index (κ3) is 2.83. The van der Waals surface area contributed by atoms with Crippen molar-refractivity contribution in [1.82, 2.24) is 0 Å². The molecule has 1 N–H and O–H groups in total. The van der Waals surface area contributed by atoms with Gasteiger partial charge in [0.05, 0.1) is 12.1 Å². The fourth-order valence-electron chi connectivity index (χ4n) is 2.16. The highest BCUT2D eigenvalue weighted by atomic mass is 79.9. The van der Waals surface area contributed by atoms with E-state index in [4.69, 9.17) is 5.11 Å². The first kappa shape index (κ1) is 13.7. The maximum Gasteiger partial charge on any atom is 0.305 e. The summed E-state index contributed by atoms with van der Waals surface area (Å²) in [5.41, 5.74) is 2.37. The fourth-order valence-corrected chi connectivity index (χ4v) is 4.33. The average Bonchev–Trinajstić information content (AvgIpc) is 2.27. The van der Waals surface area contributed by atoms with Crippen LogP contribution in [0.4, 0.5) is 5.69 Å². The Bertz CT molecular complexity index is 478. The second kappa shape index (κ2) is 5.53. The lowest BCUT2D eigenvalue weighted by molar-refractivity contribution is -0.136. The van der Waals surface area contributed by atoms with E-state index in [1.54, 1.807) is 0 Å². The molecule has 3 nitrogen and oxygen atoms in total. The van der Waals surface area contributed by atoms with Crippen LogP contribution in [-0.4, -0.2) is 29.4 Å². The second-order valence-corrected chi connectivity index (χ2v) is 6.51. The van der Waals surface area contributed by atoms with E-state index < -0.39 is 5.97 Å². The molecule has 0 saturated carbocycles. The van der Waals surface area contributed by atoms with Gasteiger partial charge in [0.25, 0.3) is 0 Å². The van der Waals surface area contributed by atoms with Crippen molar-refractivity contribution in [3.05, 3.63) is 22.2 Å². The minimum atomic E-state index is -0.745. The zero-order chi connectivity index (χ0) is 13.3. The second-order valence-electron chi connectivity index (χ2n) is 4.59. The minimum Gasteiger partial charge on any atom is -0.481 e. The van der Waals surface area contributed by atoms with Crippen molar-refractivity contribution in [2.75, 3.05) is 17.2 Å². The molecule has 2 rings (SSSR count). The van der Waals surface area contributed by atoms with Crippen LogP contribution in [0.3, 0.4) is 0 Å². The number of thioether (sulfide) groups is 1. The number of anilines is 1. The highest BCUT2D eigenvalue weighted by molar-refractivity contribution is 9.10. The lowest BCUT2D eigenvalue weighted by Crippen LogP contribution is -2.39. The first-order valence-electron chi connectivity index (χ1n) is 5.90. The molecule has 0 saturated heterocycles. The summed E-state index contributed by atoms with van der Waals surface area (Å²) in [7, 11) is 0. The van der Waals surface area contributed by atoms with E-state index in [9.17, 15) is 4.79 Å². The number of aliphatic carboxylic acids is 1. The summed E-state index contributed by atoms with van der Waals surface area (Å²) in [6, 6.07) is 4.62. The fraction of sp³-hybridized carbons (Fsp3) is 0.462. The monoisotopic (exact) mass is 329 g/mol. The number of rotatable bonds is 3. The van der Waals surface area contributed by atoms with Gasteiger partial charge in [-0.25, -0.2) is 0 Å². The smallest absolute Gasteiger partial charge is 0.305 e. The Balaban J connectivity index is 2.34. The molecular formula is C13H16BrNO2S. The van der Waals surface area contributed by atoms with Crippen LogP contribution in [0.1, 0.15) is 18.9 Å². The van der Waals surface area contributed by atoms with Crippen LogP contribution in [-0.2, 0) is 4.79 Å². The Morgan fingerprint density at radius 2 is 2.33 bits per heavy atom. The predicted molar refractivity (Wildman–Crippen MR) is 78.7 cm³/mol. The number of carboxylic acids is 1. The Labute approximate surface area is 120 Å². The third-order valence-electron chi connectivity index (χ3n) is 3.04. The van der Waals surface area contributed by atoms with Crippen LogP contribution < -0.4 is 4.90 Å². The van der Waals surface area contributed by atoms with Gasteiger partial charge >= 0.3 is 5.97 Å². The van der Waals surface area contributed by atoms with Crippen LogP contribution in [0.2, 0.25) is 0 Å². The highest BCUT2D eigenvalue weighted by Crippen LogP contribution is 2.42. The van der Waals surface area contributed by atoms with E-state index in [0.717, 1.165) is 15.9 Å². The first-order chi connectivity index (χ1) is 8.49. The SMILES string of the molecule is Cc1cc(Br)c2c(c1)SCC(C)N2CCC(=O)O. The van der Waals surface area contributed by atoms with Crippen molar-refractivity contribution >= 4 is 39.3 Å². The van der Waals surface area contributed by atoms with Gasteiger partial charge in [-0.3, -0.25) is 4.79 Å². The van der Waals surface area contributed by atoms with E-state index in [0.29, 0.717) is 12.6 Å².